The Morgan fingerprint density at radius 1 is 1.17 bits per heavy atom. The summed E-state index contributed by atoms with van der Waals surface area (Å²) < 4.78 is 10.8. The van der Waals surface area contributed by atoms with E-state index >= 15 is 0 Å². The molecule has 0 radical (unpaired) electrons. The maximum atomic E-state index is 12.5. The van der Waals surface area contributed by atoms with E-state index in [1.54, 1.807) is 31.2 Å². The molecule has 7 nitrogen and oxygen atoms in total. The Bertz CT molecular complexity index is 936. The fraction of sp³-hybridized carbons (Fsp3) is 0.409. The number of carbonyl (C=O) groups is 3. The lowest BCUT2D eigenvalue weighted by molar-refractivity contribution is -0.118. The molecule has 1 aromatic carbocycles. The zero-order chi connectivity index (χ0) is 21.7. The first-order valence-corrected chi connectivity index (χ1v) is 10.8. The zero-order valence-corrected chi connectivity index (χ0v) is 18.2. The maximum Gasteiger partial charge on any atom is 0.341 e. The van der Waals surface area contributed by atoms with E-state index in [0.717, 1.165) is 29.7 Å². The van der Waals surface area contributed by atoms with Gasteiger partial charge in [0, 0.05) is 17.5 Å². The van der Waals surface area contributed by atoms with Crippen molar-refractivity contribution < 1.29 is 23.9 Å². The molecule has 1 atom stereocenters. The van der Waals surface area contributed by atoms with Gasteiger partial charge in [-0.25, -0.2) is 4.79 Å². The Morgan fingerprint density at radius 2 is 1.90 bits per heavy atom. The summed E-state index contributed by atoms with van der Waals surface area (Å²) in [6.45, 7) is 5.48. The van der Waals surface area contributed by atoms with Gasteiger partial charge in [0.15, 0.2) is 6.61 Å². The number of hydrogen-bond acceptors (Lipinski definition) is 6. The van der Waals surface area contributed by atoms with Crippen LogP contribution in [0.15, 0.2) is 24.3 Å². The molecular weight excluding hydrogens is 404 g/mol. The molecule has 2 N–H and O–H groups in total. The van der Waals surface area contributed by atoms with Crippen molar-refractivity contribution in [3.8, 4) is 5.75 Å². The first kappa shape index (κ1) is 21.8. The Labute approximate surface area is 179 Å². The molecule has 0 bridgehead atoms. The summed E-state index contributed by atoms with van der Waals surface area (Å²) in [5, 5.41) is 6.02. The number of nitrogens with one attached hydrogen (secondary N) is 2. The summed E-state index contributed by atoms with van der Waals surface area (Å²) in [6, 6.07) is 6.74. The van der Waals surface area contributed by atoms with Gasteiger partial charge in [-0.15, -0.1) is 11.3 Å². The molecular formula is C22H26N2O5S. The van der Waals surface area contributed by atoms with Gasteiger partial charge in [-0.1, -0.05) is 6.92 Å². The molecule has 0 aliphatic heterocycles. The van der Waals surface area contributed by atoms with Crippen molar-refractivity contribution in [3.63, 3.8) is 0 Å². The van der Waals surface area contributed by atoms with Crippen LogP contribution in [0.2, 0.25) is 0 Å². The van der Waals surface area contributed by atoms with Crippen molar-refractivity contribution in [2.24, 2.45) is 5.92 Å². The Kier molecular flexibility index (Phi) is 7.10. The summed E-state index contributed by atoms with van der Waals surface area (Å²) in [5.41, 5.74) is 2.13. The molecule has 1 aliphatic rings. The molecule has 2 aromatic rings. The third-order valence-corrected chi connectivity index (χ3v) is 5.96. The van der Waals surface area contributed by atoms with Crippen LogP contribution in [-0.4, -0.2) is 31.0 Å². The van der Waals surface area contributed by atoms with Crippen LogP contribution in [0.3, 0.4) is 0 Å². The fourth-order valence-corrected chi connectivity index (χ4v) is 4.82. The Morgan fingerprint density at radius 3 is 2.57 bits per heavy atom. The van der Waals surface area contributed by atoms with Crippen LogP contribution >= 0.6 is 11.3 Å². The van der Waals surface area contributed by atoms with Gasteiger partial charge in [0.05, 0.1) is 12.2 Å². The SMILES string of the molecule is CCOC(=O)c1c(NC(=O)COc2ccc(NC(C)=O)cc2)sc2c1CCC(C)C2. The normalized spacial score (nSPS) is 15.1. The number of hydrogen-bond donors (Lipinski definition) is 2. The van der Waals surface area contributed by atoms with Crippen molar-refractivity contribution in [1.82, 2.24) is 0 Å². The van der Waals surface area contributed by atoms with Crippen molar-refractivity contribution in [2.75, 3.05) is 23.8 Å². The fourth-order valence-electron chi connectivity index (χ4n) is 3.41. The highest BCUT2D eigenvalue weighted by Gasteiger charge is 2.29. The topological polar surface area (TPSA) is 93.7 Å². The van der Waals surface area contributed by atoms with E-state index in [-0.39, 0.29) is 25.0 Å². The molecule has 0 saturated carbocycles. The first-order valence-electron chi connectivity index (χ1n) is 9.99. The number of carbonyl (C=O) groups excluding carboxylic acids is 3. The van der Waals surface area contributed by atoms with E-state index in [0.29, 0.717) is 27.9 Å². The number of rotatable bonds is 7. The lowest BCUT2D eigenvalue weighted by atomic mass is 9.88. The molecule has 0 saturated heterocycles. The molecule has 8 heteroatoms. The van der Waals surface area contributed by atoms with E-state index in [1.165, 1.54) is 18.3 Å². The molecule has 1 aromatic heterocycles. The monoisotopic (exact) mass is 430 g/mol. The van der Waals surface area contributed by atoms with Crippen LogP contribution < -0.4 is 15.4 Å². The predicted molar refractivity (Wildman–Crippen MR) is 116 cm³/mol. The third kappa shape index (κ3) is 5.38. The molecule has 0 fully saturated rings. The van der Waals surface area contributed by atoms with Gasteiger partial charge >= 0.3 is 5.97 Å². The smallest absolute Gasteiger partial charge is 0.341 e. The Hall–Kier alpha value is -2.87. The molecule has 3 rings (SSSR count). The van der Waals surface area contributed by atoms with E-state index in [9.17, 15) is 14.4 Å². The summed E-state index contributed by atoms with van der Waals surface area (Å²) in [5.74, 6) is 0.156. The van der Waals surface area contributed by atoms with Gasteiger partial charge < -0.3 is 20.1 Å². The number of fused-ring (bicyclic) bond motifs is 1. The van der Waals surface area contributed by atoms with E-state index in [2.05, 4.69) is 17.6 Å². The van der Waals surface area contributed by atoms with Crippen LogP contribution in [0.4, 0.5) is 10.7 Å². The van der Waals surface area contributed by atoms with Crippen LogP contribution in [0, 0.1) is 5.92 Å². The van der Waals surface area contributed by atoms with E-state index in [1.807, 2.05) is 0 Å². The minimum atomic E-state index is -0.394. The summed E-state index contributed by atoms with van der Waals surface area (Å²) in [7, 11) is 0. The van der Waals surface area contributed by atoms with Crippen molar-refractivity contribution in [3.05, 3.63) is 40.3 Å². The highest BCUT2D eigenvalue weighted by Crippen LogP contribution is 2.40. The maximum absolute atomic E-state index is 12.5. The molecule has 1 heterocycles. The number of amides is 2. The average molecular weight is 431 g/mol. The molecule has 0 spiro atoms. The quantitative estimate of drug-likeness (QED) is 0.647. The number of thiophene rings is 1. The molecule has 1 unspecified atom stereocenters. The molecule has 1 aliphatic carbocycles. The van der Waals surface area contributed by atoms with Crippen molar-refractivity contribution in [1.29, 1.82) is 0 Å². The van der Waals surface area contributed by atoms with Gasteiger partial charge in [0.1, 0.15) is 10.8 Å². The number of anilines is 2. The lowest BCUT2D eigenvalue weighted by Crippen LogP contribution is -2.21. The molecule has 2 amide bonds. The van der Waals surface area contributed by atoms with Crippen LogP contribution in [0.25, 0.3) is 0 Å². The van der Waals surface area contributed by atoms with Crippen molar-refractivity contribution in [2.45, 2.75) is 40.0 Å². The number of esters is 1. The van der Waals surface area contributed by atoms with Gasteiger partial charge in [0.25, 0.3) is 5.91 Å². The highest BCUT2D eigenvalue weighted by atomic mass is 32.1. The van der Waals surface area contributed by atoms with Gasteiger partial charge in [-0.05, 0) is 61.9 Å². The van der Waals surface area contributed by atoms with Crippen molar-refractivity contribution >= 4 is 39.8 Å². The van der Waals surface area contributed by atoms with Crippen LogP contribution in [0.5, 0.6) is 5.75 Å². The van der Waals surface area contributed by atoms with Crippen LogP contribution in [0.1, 0.15) is 48.0 Å². The van der Waals surface area contributed by atoms with Crippen LogP contribution in [-0.2, 0) is 27.2 Å². The largest absolute Gasteiger partial charge is 0.484 e. The minimum Gasteiger partial charge on any atom is -0.484 e. The second-order valence-corrected chi connectivity index (χ2v) is 8.42. The molecule has 30 heavy (non-hydrogen) atoms. The minimum absolute atomic E-state index is 0.159. The highest BCUT2D eigenvalue weighted by molar-refractivity contribution is 7.17. The number of benzene rings is 1. The average Bonchev–Trinajstić information content (AvgIpc) is 3.04. The molecule has 160 valence electrons. The van der Waals surface area contributed by atoms with Gasteiger partial charge in [-0.2, -0.15) is 0 Å². The first-order chi connectivity index (χ1) is 14.4. The second kappa shape index (κ2) is 9.75. The standard InChI is InChI=1S/C22H26N2O5S/c1-4-28-22(27)20-17-10-5-13(2)11-18(17)30-21(20)24-19(26)12-29-16-8-6-15(7-9-16)23-14(3)25/h6-9,13H,4-5,10-12H2,1-3H3,(H,23,25)(H,24,26). The summed E-state index contributed by atoms with van der Waals surface area (Å²) >= 11 is 1.45. The second-order valence-electron chi connectivity index (χ2n) is 7.32. The summed E-state index contributed by atoms with van der Waals surface area (Å²) in [6.07, 6.45) is 2.73. The predicted octanol–water partition coefficient (Wildman–Crippen LogP) is 4.03. The Balaban J connectivity index is 1.67. The van der Waals surface area contributed by atoms with E-state index < -0.39 is 5.97 Å². The summed E-state index contributed by atoms with van der Waals surface area (Å²) in [4.78, 5) is 37.2. The van der Waals surface area contributed by atoms with Gasteiger partial charge in [0.2, 0.25) is 5.91 Å². The lowest BCUT2D eigenvalue weighted by Gasteiger charge is -2.18. The number of ether oxygens (including phenoxy) is 2. The van der Waals surface area contributed by atoms with Gasteiger partial charge in [-0.3, -0.25) is 9.59 Å². The van der Waals surface area contributed by atoms with E-state index in [4.69, 9.17) is 9.47 Å². The zero-order valence-electron chi connectivity index (χ0n) is 17.4. The third-order valence-electron chi connectivity index (χ3n) is 4.79.